The fourth-order valence-electron chi connectivity index (χ4n) is 0.474. The molecule has 0 unspecified atom stereocenters. The SMILES string of the molecule is OCOCCOCCOC[Si]. The Hall–Kier alpha value is 0.0569. The summed E-state index contributed by atoms with van der Waals surface area (Å²) in [5.41, 5.74) is 0. The zero-order valence-electron chi connectivity index (χ0n) is 6.41. The maximum atomic E-state index is 8.20. The molecule has 4 nitrogen and oxygen atoms in total. The smallest absolute Gasteiger partial charge is 0.143 e. The second-order valence-electron chi connectivity index (χ2n) is 1.70. The highest BCUT2D eigenvalue weighted by molar-refractivity contribution is 6.08. The van der Waals surface area contributed by atoms with Crippen LogP contribution in [0.4, 0.5) is 0 Å². The van der Waals surface area contributed by atoms with E-state index < -0.39 is 0 Å². The van der Waals surface area contributed by atoms with Crippen molar-refractivity contribution in [1.82, 2.24) is 0 Å². The van der Waals surface area contributed by atoms with E-state index in [0.29, 0.717) is 32.7 Å². The molecule has 0 atom stereocenters. The Kier molecular flexibility index (Phi) is 10.1. The van der Waals surface area contributed by atoms with Crippen molar-refractivity contribution in [3.05, 3.63) is 0 Å². The first kappa shape index (κ1) is 11.1. The van der Waals surface area contributed by atoms with Gasteiger partial charge in [0.15, 0.2) is 0 Å². The van der Waals surface area contributed by atoms with Crippen molar-refractivity contribution in [2.45, 2.75) is 0 Å². The third-order valence-electron chi connectivity index (χ3n) is 0.937. The maximum Gasteiger partial charge on any atom is 0.143 e. The third-order valence-corrected chi connectivity index (χ3v) is 1.14. The molecule has 0 amide bonds. The van der Waals surface area contributed by atoms with Gasteiger partial charge in [-0.15, -0.1) is 0 Å². The Bertz CT molecular complexity index is 63.6. The van der Waals surface area contributed by atoms with Crippen molar-refractivity contribution in [2.24, 2.45) is 0 Å². The number of aliphatic hydroxyl groups excluding tert-OH is 1. The van der Waals surface area contributed by atoms with Gasteiger partial charge < -0.3 is 19.3 Å². The molecular formula is C6H13O4Si. The zero-order valence-corrected chi connectivity index (χ0v) is 7.41. The summed E-state index contributed by atoms with van der Waals surface area (Å²) >= 11 is 0. The van der Waals surface area contributed by atoms with Gasteiger partial charge in [-0.2, -0.15) is 0 Å². The molecular weight excluding hydrogens is 164 g/mol. The van der Waals surface area contributed by atoms with Crippen molar-refractivity contribution in [2.75, 3.05) is 39.5 Å². The monoisotopic (exact) mass is 177 g/mol. The fraction of sp³-hybridized carbons (Fsp3) is 1.00. The lowest BCUT2D eigenvalue weighted by Gasteiger charge is -2.03. The van der Waals surface area contributed by atoms with E-state index in [9.17, 15) is 0 Å². The Morgan fingerprint density at radius 3 is 2.00 bits per heavy atom. The standard InChI is InChI=1S/C6H13O4Si/c7-5-9-3-1-8-2-4-10-6-11/h7H,1-6H2. The summed E-state index contributed by atoms with van der Waals surface area (Å²) < 4.78 is 14.6. The van der Waals surface area contributed by atoms with E-state index in [-0.39, 0.29) is 6.79 Å². The largest absolute Gasteiger partial charge is 0.383 e. The predicted octanol–water partition coefficient (Wildman–Crippen LogP) is -0.888. The van der Waals surface area contributed by atoms with Crippen LogP contribution >= 0.6 is 0 Å². The summed E-state index contributed by atoms with van der Waals surface area (Å²) in [6.07, 6.45) is 0.524. The lowest BCUT2D eigenvalue weighted by atomic mass is 10.7. The summed E-state index contributed by atoms with van der Waals surface area (Å²) in [5.74, 6) is 0. The minimum absolute atomic E-state index is 0.249. The van der Waals surface area contributed by atoms with Crippen LogP contribution in [-0.4, -0.2) is 54.8 Å². The molecule has 0 fully saturated rings. The average molecular weight is 177 g/mol. The van der Waals surface area contributed by atoms with E-state index in [1.165, 1.54) is 0 Å². The lowest BCUT2D eigenvalue weighted by molar-refractivity contribution is -0.0351. The minimum atomic E-state index is -0.249. The molecule has 3 radical (unpaired) electrons. The molecule has 0 saturated heterocycles. The zero-order chi connectivity index (χ0) is 8.36. The number of ether oxygens (including phenoxy) is 3. The van der Waals surface area contributed by atoms with Crippen LogP contribution in [0.1, 0.15) is 0 Å². The van der Waals surface area contributed by atoms with Crippen LogP contribution in [0.3, 0.4) is 0 Å². The summed E-state index contributed by atoms with van der Waals surface area (Å²) in [7, 11) is 3.15. The van der Waals surface area contributed by atoms with E-state index >= 15 is 0 Å². The number of hydrogen-bond acceptors (Lipinski definition) is 4. The van der Waals surface area contributed by atoms with Gasteiger partial charge in [0.25, 0.3) is 0 Å². The number of aliphatic hydroxyl groups is 1. The van der Waals surface area contributed by atoms with E-state index in [1.807, 2.05) is 0 Å². The van der Waals surface area contributed by atoms with E-state index in [1.54, 1.807) is 0 Å². The first-order valence-corrected chi connectivity index (χ1v) is 4.11. The Labute approximate surface area is 69.9 Å². The van der Waals surface area contributed by atoms with Gasteiger partial charge in [-0.05, 0) is 0 Å². The van der Waals surface area contributed by atoms with Gasteiger partial charge >= 0.3 is 0 Å². The normalized spacial score (nSPS) is 10.4. The van der Waals surface area contributed by atoms with Gasteiger partial charge in [0, 0.05) is 6.23 Å². The van der Waals surface area contributed by atoms with Gasteiger partial charge in [0.2, 0.25) is 0 Å². The van der Waals surface area contributed by atoms with Crippen LogP contribution in [0, 0.1) is 0 Å². The van der Waals surface area contributed by atoms with Crippen LogP contribution in [-0.2, 0) is 14.2 Å². The molecule has 1 N–H and O–H groups in total. The molecule has 11 heavy (non-hydrogen) atoms. The van der Waals surface area contributed by atoms with Gasteiger partial charge in [-0.1, -0.05) is 0 Å². The summed E-state index contributed by atoms with van der Waals surface area (Å²) in [5, 5.41) is 8.20. The molecule has 0 bridgehead atoms. The molecule has 0 spiro atoms. The van der Waals surface area contributed by atoms with Crippen LogP contribution in [0.15, 0.2) is 0 Å². The van der Waals surface area contributed by atoms with Crippen molar-refractivity contribution in [3.8, 4) is 0 Å². The molecule has 65 valence electrons. The molecule has 0 aliphatic carbocycles. The van der Waals surface area contributed by atoms with E-state index in [0.717, 1.165) is 0 Å². The summed E-state index contributed by atoms with van der Waals surface area (Å²) in [6.45, 7) is 1.79. The van der Waals surface area contributed by atoms with E-state index in [4.69, 9.17) is 14.6 Å². The van der Waals surface area contributed by atoms with Gasteiger partial charge in [0.05, 0.1) is 36.7 Å². The summed E-state index contributed by atoms with van der Waals surface area (Å²) in [6, 6.07) is 0. The Morgan fingerprint density at radius 2 is 1.45 bits per heavy atom. The van der Waals surface area contributed by atoms with Crippen molar-refractivity contribution >= 4 is 10.2 Å². The maximum absolute atomic E-state index is 8.20. The second kappa shape index (κ2) is 10.1. The third kappa shape index (κ3) is 10.1. The van der Waals surface area contributed by atoms with Crippen LogP contribution in [0.25, 0.3) is 0 Å². The topological polar surface area (TPSA) is 47.9 Å². The van der Waals surface area contributed by atoms with Crippen LogP contribution in [0.5, 0.6) is 0 Å². The predicted molar refractivity (Wildman–Crippen MR) is 40.4 cm³/mol. The molecule has 0 aromatic heterocycles. The van der Waals surface area contributed by atoms with Crippen molar-refractivity contribution in [3.63, 3.8) is 0 Å². The molecule has 0 aliphatic heterocycles. The molecule has 0 aromatic rings. The first-order chi connectivity index (χ1) is 5.41. The van der Waals surface area contributed by atoms with Gasteiger partial charge in [0.1, 0.15) is 6.79 Å². The molecule has 0 saturated carbocycles. The van der Waals surface area contributed by atoms with Crippen molar-refractivity contribution < 1.29 is 19.3 Å². The Balaban J connectivity index is 2.69. The average Bonchev–Trinajstić information content (AvgIpc) is 2.03. The Morgan fingerprint density at radius 1 is 0.909 bits per heavy atom. The lowest BCUT2D eigenvalue weighted by Crippen LogP contribution is -2.09. The number of hydrogen-bond donors (Lipinski definition) is 1. The minimum Gasteiger partial charge on any atom is -0.383 e. The molecule has 0 aromatic carbocycles. The number of rotatable bonds is 8. The molecule has 0 aliphatic rings. The highest BCUT2D eigenvalue weighted by Gasteiger charge is 1.87. The molecule has 0 heterocycles. The van der Waals surface area contributed by atoms with Gasteiger partial charge in [-0.25, -0.2) is 0 Å². The summed E-state index contributed by atoms with van der Waals surface area (Å²) in [4.78, 5) is 0. The van der Waals surface area contributed by atoms with Gasteiger partial charge in [-0.3, -0.25) is 0 Å². The first-order valence-electron chi connectivity index (χ1n) is 3.40. The molecule has 5 heteroatoms. The van der Waals surface area contributed by atoms with Crippen molar-refractivity contribution in [1.29, 1.82) is 0 Å². The fourth-order valence-corrected chi connectivity index (χ4v) is 0.619. The highest BCUT2D eigenvalue weighted by atomic mass is 28.1. The quantitative estimate of drug-likeness (QED) is 0.297. The molecule has 0 rings (SSSR count). The second-order valence-corrected chi connectivity index (χ2v) is 1.99. The van der Waals surface area contributed by atoms with Crippen LogP contribution < -0.4 is 0 Å². The highest BCUT2D eigenvalue weighted by Crippen LogP contribution is 1.78. The van der Waals surface area contributed by atoms with E-state index in [2.05, 4.69) is 15.0 Å². The van der Waals surface area contributed by atoms with Crippen LogP contribution in [0.2, 0.25) is 0 Å².